The van der Waals surface area contributed by atoms with Gasteiger partial charge in [0.25, 0.3) is 0 Å². The number of rotatable bonds is 4. The number of halogens is 5. The molecule has 0 aliphatic carbocycles. The zero-order valence-electron chi connectivity index (χ0n) is 8.37. The van der Waals surface area contributed by atoms with Crippen molar-refractivity contribution in [3.8, 4) is 11.8 Å². The molecule has 1 aromatic rings. The summed E-state index contributed by atoms with van der Waals surface area (Å²) in [4.78, 5) is 0. The Labute approximate surface area is 93.2 Å². The summed E-state index contributed by atoms with van der Waals surface area (Å²) in [7, 11) is 0. The smallest absolute Gasteiger partial charge is 0.206 e. The average Bonchev–Trinajstić information content (AvgIpc) is 2.33. The first kappa shape index (κ1) is 13.2. The van der Waals surface area contributed by atoms with Crippen LogP contribution < -0.4 is 4.74 Å². The lowest BCUT2D eigenvalue weighted by Gasteiger charge is -2.09. The van der Waals surface area contributed by atoms with Crippen LogP contribution in [-0.4, -0.2) is 6.61 Å². The first-order valence-corrected chi connectivity index (χ1v) is 4.51. The third-order valence-electron chi connectivity index (χ3n) is 1.85. The highest BCUT2D eigenvalue weighted by Crippen LogP contribution is 2.29. The number of hydrogen-bond donors (Lipinski definition) is 0. The lowest BCUT2D eigenvalue weighted by Crippen LogP contribution is -2.07. The molecule has 2 nitrogen and oxygen atoms in total. The average molecular weight is 251 g/mol. The van der Waals surface area contributed by atoms with E-state index in [-0.39, 0.29) is 19.4 Å². The molecule has 0 N–H and O–H groups in total. The summed E-state index contributed by atoms with van der Waals surface area (Å²) >= 11 is 0. The van der Waals surface area contributed by atoms with E-state index in [0.717, 1.165) is 0 Å². The molecule has 0 bridgehead atoms. The van der Waals surface area contributed by atoms with E-state index in [4.69, 9.17) is 5.26 Å². The summed E-state index contributed by atoms with van der Waals surface area (Å²) in [5.74, 6) is -11.7. The maximum atomic E-state index is 13.0. The maximum absolute atomic E-state index is 13.0. The van der Waals surface area contributed by atoms with Gasteiger partial charge in [0.15, 0.2) is 5.75 Å². The maximum Gasteiger partial charge on any atom is 0.206 e. The molecule has 0 aromatic heterocycles. The van der Waals surface area contributed by atoms with Gasteiger partial charge in [-0.1, -0.05) is 0 Å². The highest BCUT2D eigenvalue weighted by molar-refractivity contribution is 5.29. The van der Waals surface area contributed by atoms with Crippen LogP contribution in [0.4, 0.5) is 22.0 Å². The minimum Gasteiger partial charge on any atom is -0.487 e. The fourth-order valence-corrected chi connectivity index (χ4v) is 1.04. The van der Waals surface area contributed by atoms with Gasteiger partial charge >= 0.3 is 0 Å². The monoisotopic (exact) mass is 251 g/mol. The molecular weight excluding hydrogens is 245 g/mol. The Hall–Kier alpha value is -1.84. The highest BCUT2D eigenvalue weighted by atomic mass is 19.2. The minimum atomic E-state index is -2.23. The Morgan fingerprint density at radius 2 is 1.35 bits per heavy atom. The van der Waals surface area contributed by atoms with Gasteiger partial charge in [-0.05, 0) is 6.42 Å². The Balaban J connectivity index is 2.96. The van der Waals surface area contributed by atoms with E-state index in [2.05, 4.69) is 4.74 Å². The van der Waals surface area contributed by atoms with Crippen molar-refractivity contribution in [3.05, 3.63) is 29.1 Å². The van der Waals surface area contributed by atoms with Crippen LogP contribution in [-0.2, 0) is 0 Å². The first-order valence-electron chi connectivity index (χ1n) is 4.51. The van der Waals surface area contributed by atoms with Crippen molar-refractivity contribution < 1.29 is 26.7 Å². The molecule has 17 heavy (non-hydrogen) atoms. The molecule has 0 aliphatic heterocycles. The molecule has 0 fully saturated rings. The van der Waals surface area contributed by atoms with Crippen LogP contribution in [0.2, 0.25) is 0 Å². The molecule has 0 saturated heterocycles. The SMILES string of the molecule is N#CCCCOc1c(F)c(F)c(F)c(F)c1F. The molecular formula is C10H6F5NO. The van der Waals surface area contributed by atoms with E-state index in [1.54, 1.807) is 6.07 Å². The number of hydrogen-bond acceptors (Lipinski definition) is 2. The van der Waals surface area contributed by atoms with Gasteiger partial charge in [-0.3, -0.25) is 0 Å². The van der Waals surface area contributed by atoms with Crippen LogP contribution in [0.15, 0.2) is 0 Å². The molecule has 1 aromatic carbocycles. The third-order valence-corrected chi connectivity index (χ3v) is 1.85. The van der Waals surface area contributed by atoms with Gasteiger partial charge in [-0.2, -0.15) is 14.0 Å². The molecule has 0 saturated carbocycles. The number of ether oxygens (including phenoxy) is 1. The van der Waals surface area contributed by atoms with E-state index in [1.165, 1.54) is 0 Å². The van der Waals surface area contributed by atoms with Gasteiger partial charge < -0.3 is 4.74 Å². The zero-order valence-corrected chi connectivity index (χ0v) is 8.37. The largest absolute Gasteiger partial charge is 0.487 e. The Bertz CT molecular complexity index is 440. The Morgan fingerprint density at radius 3 is 1.82 bits per heavy atom. The second-order valence-electron chi connectivity index (χ2n) is 3.01. The summed E-state index contributed by atoms with van der Waals surface area (Å²) < 4.78 is 68.4. The first-order chi connectivity index (χ1) is 8.00. The molecule has 92 valence electrons. The van der Waals surface area contributed by atoms with Gasteiger partial charge in [0.2, 0.25) is 29.1 Å². The van der Waals surface area contributed by atoms with Crippen LogP contribution in [0, 0.1) is 40.4 Å². The molecule has 0 aliphatic rings. The van der Waals surface area contributed by atoms with Crippen LogP contribution in [0.25, 0.3) is 0 Å². The van der Waals surface area contributed by atoms with Crippen molar-refractivity contribution in [2.75, 3.05) is 6.61 Å². The Kier molecular flexibility index (Phi) is 4.26. The van der Waals surface area contributed by atoms with Gasteiger partial charge in [0.1, 0.15) is 0 Å². The topological polar surface area (TPSA) is 33.0 Å². The summed E-state index contributed by atoms with van der Waals surface area (Å²) in [5, 5.41) is 8.17. The molecule has 0 atom stereocenters. The number of nitrogens with zero attached hydrogens (tertiary/aromatic N) is 1. The van der Waals surface area contributed by atoms with Crippen molar-refractivity contribution in [1.82, 2.24) is 0 Å². The third kappa shape index (κ3) is 2.64. The van der Waals surface area contributed by atoms with E-state index in [0.29, 0.717) is 0 Å². The molecule has 1 rings (SSSR count). The second-order valence-corrected chi connectivity index (χ2v) is 3.01. The summed E-state index contributed by atoms with van der Waals surface area (Å²) in [6, 6.07) is 1.74. The van der Waals surface area contributed by atoms with E-state index < -0.39 is 34.8 Å². The van der Waals surface area contributed by atoms with Gasteiger partial charge in [0.05, 0.1) is 12.7 Å². The zero-order chi connectivity index (χ0) is 13.0. The quantitative estimate of drug-likeness (QED) is 0.356. The molecule has 0 radical (unpaired) electrons. The van der Waals surface area contributed by atoms with Crippen molar-refractivity contribution in [3.63, 3.8) is 0 Å². The van der Waals surface area contributed by atoms with Crippen LogP contribution in [0.5, 0.6) is 5.75 Å². The van der Waals surface area contributed by atoms with Crippen LogP contribution >= 0.6 is 0 Å². The molecule has 0 unspecified atom stereocenters. The molecule has 7 heteroatoms. The van der Waals surface area contributed by atoms with E-state index >= 15 is 0 Å². The Morgan fingerprint density at radius 1 is 0.882 bits per heavy atom. The fraction of sp³-hybridized carbons (Fsp3) is 0.300. The van der Waals surface area contributed by atoms with Crippen molar-refractivity contribution in [1.29, 1.82) is 5.26 Å². The van der Waals surface area contributed by atoms with Crippen LogP contribution in [0.1, 0.15) is 12.8 Å². The standard InChI is InChI=1S/C10H6F5NO/c11-5-6(12)8(14)10(9(15)7(5)13)17-4-2-1-3-16/h1-2,4H2. The predicted octanol–water partition coefficient (Wildman–Crippen LogP) is 3.06. The minimum absolute atomic E-state index is 0.0510. The van der Waals surface area contributed by atoms with Crippen molar-refractivity contribution >= 4 is 0 Å². The van der Waals surface area contributed by atoms with Gasteiger partial charge in [-0.15, -0.1) is 0 Å². The normalized spacial score (nSPS) is 10.1. The van der Waals surface area contributed by atoms with Gasteiger partial charge in [0, 0.05) is 6.42 Å². The van der Waals surface area contributed by atoms with Crippen molar-refractivity contribution in [2.24, 2.45) is 0 Å². The summed E-state index contributed by atoms with van der Waals surface area (Å²) in [6.45, 7) is -0.314. The van der Waals surface area contributed by atoms with Crippen molar-refractivity contribution in [2.45, 2.75) is 12.8 Å². The molecule has 0 spiro atoms. The lowest BCUT2D eigenvalue weighted by molar-refractivity contribution is 0.259. The van der Waals surface area contributed by atoms with Crippen LogP contribution in [0.3, 0.4) is 0 Å². The molecule has 0 amide bonds. The van der Waals surface area contributed by atoms with Gasteiger partial charge in [-0.25, -0.2) is 13.2 Å². The predicted molar refractivity (Wildman–Crippen MR) is 46.6 cm³/mol. The highest BCUT2D eigenvalue weighted by Gasteiger charge is 2.26. The second kappa shape index (κ2) is 5.48. The summed E-state index contributed by atoms with van der Waals surface area (Å²) in [5.41, 5.74) is 0. The van der Waals surface area contributed by atoms with E-state index in [9.17, 15) is 22.0 Å². The number of unbranched alkanes of at least 4 members (excludes halogenated alkanes) is 1. The van der Waals surface area contributed by atoms with E-state index in [1.807, 2.05) is 0 Å². The number of nitriles is 1. The molecule has 0 heterocycles. The fourth-order valence-electron chi connectivity index (χ4n) is 1.04. The number of benzene rings is 1. The lowest BCUT2D eigenvalue weighted by atomic mass is 10.2. The summed E-state index contributed by atoms with van der Waals surface area (Å²) in [6.07, 6.45) is 0.172.